The predicted molar refractivity (Wildman–Crippen MR) is 68.0 cm³/mol. The van der Waals surface area contributed by atoms with Crippen molar-refractivity contribution in [3.8, 4) is 0 Å². The minimum atomic E-state index is -4.12. The lowest BCUT2D eigenvalue weighted by Gasteiger charge is -2.25. The van der Waals surface area contributed by atoms with E-state index in [1.165, 1.54) is 5.48 Å². The molecule has 1 heterocycles. The summed E-state index contributed by atoms with van der Waals surface area (Å²) in [7, 11) is -4.12. The summed E-state index contributed by atoms with van der Waals surface area (Å²) in [5, 5.41) is 8.51. The maximum Gasteiger partial charge on any atom is 0.424 e. The highest BCUT2D eigenvalue weighted by molar-refractivity contribution is 7.87. The maximum absolute atomic E-state index is 12.3. The minimum absolute atomic E-state index is 0.00689. The molecular weight excluding hydrogens is 290 g/mol. The van der Waals surface area contributed by atoms with Crippen LogP contribution in [0.15, 0.2) is 0 Å². The van der Waals surface area contributed by atoms with Crippen LogP contribution in [0.4, 0.5) is 4.79 Å². The molecule has 9 nitrogen and oxygen atoms in total. The molecule has 1 rings (SSSR count). The van der Waals surface area contributed by atoms with Gasteiger partial charge in [-0.25, -0.2) is 10.3 Å². The number of hydroxylamine groups is 1. The molecule has 0 radical (unpaired) electrons. The summed E-state index contributed by atoms with van der Waals surface area (Å²) >= 11 is 0. The zero-order valence-electron chi connectivity index (χ0n) is 11.2. The van der Waals surface area contributed by atoms with E-state index in [0.29, 0.717) is 10.7 Å². The van der Waals surface area contributed by atoms with Crippen molar-refractivity contribution < 1.29 is 28.0 Å². The standard InChI is InChI=1S/C10H19N3O6S/c1-2-3-4-5-12(8-9(14)11-16)20(17,18)13-6-7-19-10(13)15/h16H,2-8H2,1H3,(H,11,14). The van der Waals surface area contributed by atoms with E-state index in [1.807, 2.05) is 6.92 Å². The number of hydrogen-bond donors (Lipinski definition) is 2. The Labute approximate surface area is 117 Å². The first-order valence-corrected chi connectivity index (χ1v) is 7.70. The second-order valence-corrected chi connectivity index (χ2v) is 6.12. The van der Waals surface area contributed by atoms with E-state index in [9.17, 15) is 18.0 Å². The molecule has 0 aliphatic carbocycles. The lowest BCUT2D eigenvalue weighted by atomic mass is 10.2. The Bertz CT molecular complexity index is 452. The van der Waals surface area contributed by atoms with E-state index in [1.54, 1.807) is 0 Å². The molecule has 0 aromatic rings. The molecule has 116 valence electrons. The molecule has 20 heavy (non-hydrogen) atoms. The number of unbranched alkanes of at least 4 members (excludes halogenated alkanes) is 2. The third-order valence-corrected chi connectivity index (χ3v) is 4.64. The molecule has 1 aliphatic heterocycles. The zero-order valence-corrected chi connectivity index (χ0v) is 12.1. The predicted octanol–water partition coefficient (Wildman–Crippen LogP) is -0.319. The van der Waals surface area contributed by atoms with Crippen molar-refractivity contribution in [2.45, 2.75) is 26.2 Å². The van der Waals surface area contributed by atoms with Crippen LogP contribution in [0.5, 0.6) is 0 Å². The highest BCUT2D eigenvalue weighted by Crippen LogP contribution is 2.15. The largest absolute Gasteiger partial charge is 0.447 e. The zero-order chi connectivity index (χ0) is 15.2. The lowest BCUT2D eigenvalue weighted by Crippen LogP contribution is -2.48. The smallest absolute Gasteiger partial charge is 0.424 e. The van der Waals surface area contributed by atoms with Gasteiger partial charge in [0.25, 0.3) is 5.91 Å². The van der Waals surface area contributed by atoms with Crippen LogP contribution in [0, 0.1) is 0 Å². The summed E-state index contributed by atoms with van der Waals surface area (Å²) in [4.78, 5) is 22.6. The topological polar surface area (TPSA) is 116 Å². The van der Waals surface area contributed by atoms with Gasteiger partial charge in [0.1, 0.15) is 6.61 Å². The molecule has 0 saturated carbocycles. The van der Waals surface area contributed by atoms with Gasteiger partial charge in [0.2, 0.25) is 0 Å². The Morgan fingerprint density at radius 3 is 2.70 bits per heavy atom. The number of hydrogen-bond acceptors (Lipinski definition) is 6. The van der Waals surface area contributed by atoms with E-state index in [2.05, 4.69) is 4.74 Å². The highest BCUT2D eigenvalue weighted by Gasteiger charge is 2.38. The number of rotatable bonds is 8. The van der Waals surface area contributed by atoms with E-state index >= 15 is 0 Å². The number of cyclic esters (lactones) is 1. The van der Waals surface area contributed by atoms with Gasteiger partial charge in [0.05, 0.1) is 13.1 Å². The van der Waals surface area contributed by atoms with E-state index in [0.717, 1.165) is 17.1 Å². The molecule has 0 bridgehead atoms. The summed E-state index contributed by atoms with van der Waals surface area (Å²) in [6, 6.07) is 0. The first-order valence-electron chi connectivity index (χ1n) is 6.31. The fourth-order valence-corrected chi connectivity index (χ4v) is 3.20. The van der Waals surface area contributed by atoms with Crippen molar-refractivity contribution >= 4 is 22.2 Å². The molecule has 10 heteroatoms. The van der Waals surface area contributed by atoms with E-state index < -0.39 is 28.8 Å². The van der Waals surface area contributed by atoms with E-state index in [-0.39, 0.29) is 19.7 Å². The third-order valence-electron chi connectivity index (χ3n) is 2.78. The number of amides is 2. The van der Waals surface area contributed by atoms with Crippen molar-refractivity contribution in [1.29, 1.82) is 0 Å². The minimum Gasteiger partial charge on any atom is -0.447 e. The number of nitrogens with one attached hydrogen (secondary N) is 1. The number of nitrogens with zero attached hydrogens (tertiary/aromatic N) is 2. The van der Waals surface area contributed by atoms with Crippen molar-refractivity contribution in [3.05, 3.63) is 0 Å². The number of ether oxygens (including phenoxy) is 1. The Morgan fingerprint density at radius 1 is 1.50 bits per heavy atom. The van der Waals surface area contributed by atoms with Gasteiger partial charge >= 0.3 is 16.3 Å². The molecule has 2 amide bonds. The molecule has 1 saturated heterocycles. The van der Waals surface area contributed by atoms with Gasteiger partial charge in [-0.15, -0.1) is 0 Å². The molecule has 0 atom stereocenters. The normalized spacial score (nSPS) is 15.6. The summed E-state index contributed by atoms with van der Waals surface area (Å²) in [6.45, 7) is 1.41. The van der Waals surface area contributed by atoms with E-state index in [4.69, 9.17) is 5.21 Å². The van der Waals surface area contributed by atoms with Crippen molar-refractivity contribution in [2.75, 3.05) is 26.2 Å². The summed E-state index contributed by atoms with van der Waals surface area (Å²) in [5.74, 6) is -0.863. The quantitative estimate of drug-likeness (QED) is 0.360. The van der Waals surface area contributed by atoms with Crippen LogP contribution in [-0.4, -0.2) is 60.5 Å². The first-order chi connectivity index (χ1) is 9.43. The van der Waals surface area contributed by atoms with Gasteiger partial charge in [-0.2, -0.15) is 17.0 Å². The van der Waals surface area contributed by atoms with Crippen molar-refractivity contribution in [3.63, 3.8) is 0 Å². The summed E-state index contributed by atoms with van der Waals surface area (Å²) in [6.07, 6.45) is 1.27. The Morgan fingerprint density at radius 2 is 2.20 bits per heavy atom. The fourth-order valence-electron chi connectivity index (χ4n) is 1.74. The first kappa shape index (κ1) is 16.7. The van der Waals surface area contributed by atoms with Crippen LogP contribution in [0.25, 0.3) is 0 Å². The third kappa shape index (κ3) is 4.05. The second kappa shape index (κ2) is 7.41. The maximum atomic E-state index is 12.3. The van der Waals surface area contributed by atoms with Crippen LogP contribution in [-0.2, 0) is 19.7 Å². The SMILES string of the molecule is CCCCCN(CC(=O)NO)S(=O)(=O)N1CCOC1=O. The average molecular weight is 309 g/mol. The molecule has 0 aromatic carbocycles. The van der Waals surface area contributed by atoms with Gasteiger partial charge in [-0.3, -0.25) is 10.0 Å². The van der Waals surface area contributed by atoms with Gasteiger partial charge in [-0.1, -0.05) is 19.8 Å². The molecule has 1 aliphatic rings. The van der Waals surface area contributed by atoms with Gasteiger partial charge in [-0.05, 0) is 6.42 Å². The van der Waals surface area contributed by atoms with Crippen LogP contribution in [0.3, 0.4) is 0 Å². The highest BCUT2D eigenvalue weighted by atomic mass is 32.2. The van der Waals surface area contributed by atoms with Crippen LogP contribution in [0.2, 0.25) is 0 Å². The Hall–Kier alpha value is -1.39. The molecular formula is C10H19N3O6S. The van der Waals surface area contributed by atoms with Crippen molar-refractivity contribution in [1.82, 2.24) is 14.1 Å². The lowest BCUT2D eigenvalue weighted by molar-refractivity contribution is -0.129. The number of carbonyl (C=O) groups is 2. The molecule has 1 fully saturated rings. The number of carbonyl (C=O) groups excluding carboxylic acids is 2. The molecule has 0 spiro atoms. The summed E-state index contributed by atoms with van der Waals surface area (Å²) in [5.41, 5.74) is 1.38. The van der Waals surface area contributed by atoms with Crippen LogP contribution < -0.4 is 5.48 Å². The van der Waals surface area contributed by atoms with Crippen molar-refractivity contribution in [2.24, 2.45) is 0 Å². The summed E-state index contributed by atoms with van der Waals surface area (Å²) < 4.78 is 30.6. The molecule has 0 unspecified atom stereocenters. The molecule has 2 N–H and O–H groups in total. The Balaban J connectivity index is 2.83. The van der Waals surface area contributed by atoms with Gasteiger partial charge < -0.3 is 4.74 Å². The fraction of sp³-hybridized carbons (Fsp3) is 0.800. The van der Waals surface area contributed by atoms with Gasteiger partial charge in [0.15, 0.2) is 0 Å². The Kier molecular flexibility index (Phi) is 6.17. The van der Waals surface area contributed by atoms with Crippen LogP contribution >= 0.6 is 0 Å². The molecule has 0 aromatic heterocycles. The van der Waals surface area contributed by atoms with Crippen LogP contribution in [0.1, 0.15) is 26.2 Å². The average Bonchev–Trinajstić information content (AvgIpc) is 2.84. The monoisotopic (exact) mass is 309 g/mol. The van der Waals surface area contributed by atoms with Gasteiger partial charge in [0, 0.05) is 6.54 Å². The second-order valence-electron chi connectivity index (χ2n) is 4.27.